The van der Waals surface area contributed by atoms with Gasteiger partial charge in [0.2, 0.25) is 0 Å². The highest BCUT2D eigenvalue weighted by molar-refractivity contribution is 5.25. The van der Waals surface area contributed by atoms with Crippen LogP contribution in [-0.2, 0) is 18.4 Å². The van der Waals surface area contributed by atoms with E-state index in [1.54, 1.807) is 0 Å². The van der Waals surface area contributed by atoms with Gasteiger partial charge in [-0.2, -0.15) is 0 Å². The third-order valence-corrected chi connectivity index (χ3v) is 5.36. The summed E-state index contributed by atoms with van der Waals surface area (Å²) in [7, 11) is 0. The molecule has 0 bridgehead atoms. The van der Waals surface area contributed by atoms with Gasteiger partial charge < -0.3 is 9.88 Å². The Kier molecular flexibility index (Phi) is 3.67. The Morgan fingerprint density at radius 2 is 2.00 bits per heavy atom. The summed E-state index contributed by atoms with van der Waals surface area (Å²) in [6.45, 7) is 13.9. The molecule has 1 aliphatic heterocycles. The molecule has 2 heterocycles. The van der Waals surface area contributed by atoms with Gasteiger partial charge in [0.15, 0.2) is 0 Å². The zero-order chi connectivity index (χ0) is 15.3. The average molecular weight is 289 g/mol. The second kappa shape index (κ2) is 5.12. The smallest absolute Gasteiger partial charge is 0.114 e. The summed E-state index contributed by atoms with van der Waals surface area (Å²) < 4.78 is 2.66. The molecular formula is C18H31N3. The van der Waals surface area contributed by atoms with E-state index >= 15 is 0 Å². The van der Waals surface area contributed by atoms with Gasteiger partial charge in [-0.1, -0.05) is 47.5 Å². The van der Waals surface area contributed by atoms with E-state index in [4.69, 9.17) is 4.98 Å². The fraction of sp³-hybridized carbons (Fsp3) is 0.833. The Labute approximate surface area is 129 Å². The van der Waals surface area contributed by atoms with E-state index in [0.717, 1.165) is 19.5 Å². The summed E-state index contributed by atoms with van der Waals surface area (Å²) >= 11 is 0. The molecule has 1 aliphatic carbocycles. The van der Waals surface area contributed by atoms with Crippen molar-refractivity contribution in [3.05, 3.63) is 17.2 Å². The number of hydrogen-bond acceptors (Lipinski definition) is 2. The van der Waals surface area contributed by atoms with Crippen molar-refractivity contribution in [2.75, 3.05) is 6.54 Å². The lowest BCUT2D eigenvalue weighted by Crippen LogP contribution is -2.35. The Hall–Kier alpha value is -0.830. The number of rotatable bonds is 1. The molecule has 1 aromatic rings. The molecule has 3 rings (SSSR count). The molecule has 1 fully saturated rings. The number of aromatic nitrogens is 2. The van der Waals surface area contributed by atoms with Gasteiger partial charge in [-0.25, -0.2) is 4.98 Å². The van der Waals surface area contributed by atoms with Gasteiger partial charge in [0.1, 0.15) is 5.82 Å². The maximum Gasteiger partial charge on any atom is 0.114 e. The Morgan fingerprint density at radius 3 is 2.67 bits per heavy atom. The summed E-state index contributed by atoms with van der Waals surface area (Å²) in [5, 5.41) is 3.48. The highest BCUT2D eigenvalue weighted by Crippen LogP contribution is 2.46. The molecule has 2 aliphatic rings. The maximum atomic E-state index is 5.06. The Morgan fingerprint density at radius 1 is 1.24 bits per heavy atom. The monoisotopic (exact) mass is 289 g/mol. The van der Waals surface area contributed by atoms with Gasteiger partial charge in [0, 0.05) is 36.7 Å². The van der Waals surface area contributed by atoms with Crippen LogP contribution in [0.3, 0.4) is 0 Å². The largest absolute Gasteiger partial charge is 0.328 e. The number of imidazole rings is 1. The van der Waals surface area contributed by atoms with Crippen molar-refractivity contribution in [3.63, 3.8) is 0 Å². The third kappa shape index (κ3) is 2.65. The molecule has 118 valence electrons. The highest BCUT2D eigenvalue weighted by Gasteiger charge is 2.38. The molecule has 1 aromatic heterocycles. The summed E-state index contributed by atoms with van der Waals surface area (Å²) in [4.78, 5) is 5.06. The van der Waals surface area contributed by atoms with Gasteiger partial charge in [-0.15, -0.1) is 0 Å². The SMILES string of the molecule is CC(C)(C)c1nc2c(n1C1CCCCC1(C)C)CCNC2. The first kappa shape index (κ1) is 15.1. The lowest BCUT2D eigenvalue weighted by atomic mass is 9.72. The van der Waals surface area contributed by atoms with Crippen molar-refractivity contribution in [2.24, 2.45) is 5.41 Å². The van der Waals surface area contributed by atoms with Gasteiger partial charge in [0.05, 0.1) is 5.69 Å². The average Bonchev–Trinajstić information content (AvgIpc) is 2.77. The quantitative estimate of drug-likeness (QED) is 0.848. The molecule has 0 saturated heterocycles. The van der Waals surface area contributed by atoms with Crippen molar-refractivity contribution in [3.8, 4) is 0 Å². The molecule has 3 heteroatoms. The number of fused-ring (bicyclic) bond motifs is 1. The fourth-order valence-electron chi connectivity index (χ4n) is 4.15. The van der Waals surface area contributed by atoms with Crippen molar-refractivity contribution >= 4 is 0 Å². The molecule has 21 heavy (non-hydrogen) atoms. The van der Waals surface area contributed by atoms with E-state index in [9.17, 15) is 0 Å². The molecule has 1 unspecified atom stereocenters. The Bertz CT molecular complexity index is 519. The lowest BCUT2D eigenvalue weighted by molar-refractivity contribution is 0.135. The minimum Gasteiger partial charge on any atom is -0.328 e. The van der Waals surface area contributed by atoms with Crippen LogP contribution in [0.5, 0.6) is 0 Å². The fourth-order valence-corrected chi connectivity index (χ4v) is 4.15. The Balaban J connectivity index is 2.13. The van der Waals surface area contributed by atoms with Crippen LogP contribution < -0.4 is 5.32 Å². The van der Waals surface area contributed by atoms with E-state index in [2.05, 4.69) is 44.5 Å². The second-order valence-electron chi connectivity index (χ2n) is 8.63. The molecule has 1 N–H and O–H groups in total. The topological polar surface area (TPSA) is 29.9 Å². The molecule has 0 spiro atoms. The van der Waals surface area contributed by atoms with Crippen LogP contribution in [0.2, 0.25) is 0 Å². The molecule has 1 saturated carbocycles. The minimum atomic E-state index is 0.116. The zero-order valence-corrected chi connectivity index (χ0v) is 14.4. The predicted octanol–water partition coefficient (Wildman–Crippen LogP) is 3.97. The number of nitrogens with zero attached hydrogens (tertiary/aromatic N) is 2. The van der Waals surface area contributed by atoms with Crippen LogP contribution >= 0.6 is 0 Å². The zero-order valence-electron chi connectivity index (χ0n) is 14.4. The van der Waals surface area contributed by atoms with Crippen molar-refractivity contribution in [1.29, 1.82) is 0 Å². The van der Waals surface area contributed by atoms with Crippen molar-refractivity contribution in [2.45, 2.75) is 84.7 Å². The van der Waals surface area contributed by atoms with E-state index in [1.807, 2.05) is 0 Å². The maximum absolute atomic E-state index is 5.06. The number of nitrogens with one attached hydrogen (secondary N) is 1. The van der Waals surface area contributed by atoms with Crippen LogP contribution in [0.25, 0.3) is 0 Å². The van der Waals surface area contributed by atoms with Crippen molar-refractivity contribution in [1.82, 2.24) is 14.9 Å². The van der Waals surface area contributed by atoms with E-state index in [-0.39, 0.29) is 5.41 Å². The molecule has 0 radical (unpaired) electrons. The molecular weight excluding hydrogens is 258 g/mol. The third-order valence-electron chi connectivity index (χ3n) is 5.36. The normalized spacial score (nSPS) is 25.7. The van der Waals surface area contributed by atoms with E-state index in [1.165, 1.54) is 42.9 Å². The highest BCUT2D eigenvalue weighted by atomic mass is 15.2. The summed E-state index contributed by atoms with van der Waals surface area (Å²) in [5.74, 6) is 1.30. The van der Waals surface area contributed by atoms with Gasteiger partial charge in [-0.3, -0.25) is 0 Å². The first-order valence-electron chi connectivity index (χ1n) is 8.62. The van der Waals surface area contributed by atoms with Crippen LogP contribution in [0.15, 0.2) is 0 Å². The second-order valence-corrected chi connectivity index (χ2v) is 8.63. The van der Waals surface area contributed by atoms with Crippen LogP contribution in [0.4, 0.5) is 0 Å². The molecule has 1 atom stereocenters. The van der Waals surface area contributed by atoms with Crippen molar-refractivity contribution < 1.29 is 0 Å². The van der Waals surface area contributed by atoms with Crippen LogP contribution in [0, 0.1) is 5.41 Å². The predicted molar refractivity (Wildman–Crippen MR) is 87.6 cm³/mol. The summed E-state index contributed by atoms with van der Waals surface area (Å²) in [6, 6.07) is 0.620. The number of hydrogen-bond donors (Lipinski definition) is 1. The van der Waals surface area contributed by atoms with E-state index in [0.29, 0.717) is 11.5 Å². The lowest BCUT2D eigenvalue weighted by Gasteiger charge is -2.42. The molecule has 0 aromatic carbocycles. The van der Waals surface area contributed by atoms with Crippen LogP contribution in [-0.4, -0.2) is 16.1 Å². The van der Waals surface area contributed by atoms with E-state index < -0.39 is 0 Å². The van der Waals surface area contributed by atoms with Gasteiger partial charge >= 0.3 is 0 Å². The minimum absolute atomic E-state index is 0.116. The van der Waals surface area contributed by atoms with Gasteiger partial charge in [0.25, 0.3) is 0 Å². The van der Waals surface area contributed by atoms with Gasteiger partial charge in [-0.05, 0) is 18.3 Å². The van der Waals surface area contributed by atoms with Crippen LogP contribution in [0.1, 0.15) is 83.6 Å². The first-order chi connectivity index (χ1) is 9.81. The molecule has 0 amide bonds. The molecule has 3 nitrogen and oxygen atoms in total. The first-order valence-corrected chi connectivity index (χ1v) is 8.62. The summed E-state index contributed by atoms with van der Waals surface area (Å²) in [5.41, 5.74) is 3.31. The summed E-state index contributed by atoms with van der Waals surface area (Å²) in [6.07, 6.45) is 6.53. The standard InChI is InChI=1S/C18H31N3/c1-17(2,3)16-20-13-12-19-11-9-14(13)21(16)15-8-6-7-10-18(15,4)5/h15,19H,6-12H2,1-5H3.